The lowest BCUT2D eigenvalue weighted by molar-refractivity contribution is -0.384. The molecule has 29 heavy (non-hydrogen) atoms. The average molecular weight is 393 g/mol. The Kier molecular flexibility index (Phi) is 5.16. The fourth-order valence-corrected chi connectivity index (χ4v) is 3.83. The zero-order valence-corrected chi connectivity index (χ0v) is 16.3. The highest BCUT2D eigenvalue weighted by atomic mass is 16.6. The van der Waals surface area contributed by atoms with E-state index in [1.165, 1.54) is 6.07 Å². The van der Waals surface area contributed by atoms with Gasteiger partial charge in [0.05, 0.1) is 16.0 Å². The van der Waals surface area contributed by atoms with Crippen molar-refractivity contribution in [2.75, 3.05) is 23.3 Å². The van der Waals surface area contributed by atoms with Gasteiger partial charge >= 0.3 is 0 Å². The molecule has 2 aromatic carbocycles. The molecule has 150 valence electrons. The predicted octanol–water partition coefficient (Wildman–Crippen LogP) is 4.21. The van der Waals surface area contributed by atoms with Gasteiger partial charge in [0.15, 0.2) is 0 Å². The Morgan fingerprint density at radius 2 is 1.97 bits per heavy atom. The molecule has 1 saturated heterocycles. The molecule has 2 heterocycles. The number of anilines is 2. The van der Waals surface area contributed by atoms with Crippen LogP contribution in [-0.4, -0.2) is 33.5 Å². The number of amides is 1. The number of para-hydroxylation sites is 2. The third kappa shape index (κ3) is 3.65. The molecule has 1 N–H and O–H groups in total. The molecule has 0 spiro atoms. The Morgan fingerprint density at radius 3 is 2.69 bits per heavy atom. The first-order chi connectivity index (χ1) is 14.1. The number of fused-ring (bicyclic) bond motifs is 1. The van der Waals surface area contributed by atoms with Crippen LogP contribution < -0.4 is 10.2 Å². The first kappa shape index (κ1) is 18.9. The summed E-state index contributed by atoms with van der Waals surface area (Å²) in [7, 11) is 0. The van der Waals surface area contributed by atoms with Crippen LogP contribution in [0.4, 0.5) is 17.3 Å². The number of hydrogen-bond acceptors (Lipinski definition) is 5. The van der Waals surface area contributed by atoms with Crippen molar-refractivity contribution >= 4 is 34.3 Å². The van der Waals surface area contributed by atoms with Gasteiger partial charge in [0.2, 0.25) is 5.95 Å². The van der Waals surface area contributed by atoms with E-state index in [4.69, 9.17) is 0 Å². The van der Waals surface area contributed by atoms with Gasteiger partial charge in [0.25, 0.3) is 11.6 Å². The van der Waals surface area contributed by atoms with E-state index < -0.39 is 10.8 Å². The van der Waals surface area contributed by atoms with Crippen LogP contribution >= 0.6 is 0 Å². The topological polar surface area (TPSA) is 93.3 Å². The second kappa shape index (κ2) is 7.90. The molecule has 0 unspecified atom stereocenters. The number of nitrogens with one attached hydrogen (secondary N) is 1. The molecule has 0 aliphatic carbocycles. The van der Waals surface area contributed by atoms with Crippen molar-refractivity contribution in [3.05, 3.63) is 58.1 Å². The molecule has 0 bridgehead atoms. The SMILES string of the molecule is CCCn1c(NC(=O)c2ccc(N3CCCC3)c([N+](=O)[O-])c2)nc2ccccc21. The van der Waals surface area contributed by atoms with Gasteiger partial charge in [-0.05, 0) is 43.5 Å². The molecule has 1 aromatic heterocycles. The minimum absolute atomic E-state index is 0.0402. The summed E-state index contributed by atoms with van der Waals surface area (Å²) in [6.45, 7) is 4.37. The smallest absolute Gasteiger partial charge is 0.293 e. The van der Waals surface area contributed by atoms with Gasteiger partial charge in [-0.1, -0.05) is 19.1 Å². The van der Waals surface area contributed by atoms with Gasteiger partial charge in [-0.15, -0.1) is 0 Å². The monoisotopic (exact) mass is 393 g/mol. The van der Waals surface area contributed by atoms with Gasteiger partial charge in [-0.2, -0.15) is 0 Å². The van der Waals surface area contributed by atoms with Crippen molar-refractivity contribution in [2.45, 2.75) is 32.7 Å². The Bertz CT molecular complexity index is 1070. The molecule has 3 aromatic rings. The van der Waals surface area contributed by atoms with Crippen molar-refractivity contribution in [1.29, 1.82) is 0 Å². The summed E-state index contributed by atoms with van der Waals surface area (Å²) in [6.07, 6.45) is 2.93. The van der Waals surface area contributed by atoms with Crippen LogP contribution in [-0.2, 0) is 6.54 Å². The lowest BCUT2D eigenvalue weighted by atomic mass is 10.1. The van der Waals surface area contributed by atoms with Gasteiger partial charge in [0.1, 0.15) is 5.69 Å². The highest BCUT2D eigenvalue weighted by Gasteiger charge is 2.24. The van der Waals surface area contributed by atoms with Crippen LogP contribution in [0.5, 0.6) is 0 Å². The first-order valence-corrected chi connectivity index (χ1v) is 9.88. The van der Waals surface area contributed by atoms with Crippen LogP contribution in [0, 0.1) is 10.1 Å². The van der Waals surface area contributed by atoms with Crippen LogP contribution in [0.1, 0.15) is 36.5 Å². The summed E-state index contributed by atoms with van der Waals surface area (Å²) in [5, 5.41) is 14.4. The predicted molar refractivity (Wildman–Crippen MR) is 113 cm³/mol. The maximum atomic E-state index is 12.9. The standard InChI is InChI=1S/C21H23N5O3/c1-2-11-25-17-8-4-3-7-16(17)22-21(25)23-20(27)15-9-10-18(19(14-15)26(28)29)24-12-5-6-13-24/h3-4,7-10,14H,2,5-6,11-13H2,1H3,(H,22,23,27). The summed E-state index contributed by atoms with van der Waals surface area (Å²) in [4.78, 5) is 30.6. The van der Waals surface area contributed by atoms with Crippen molar-refractivity contribution in [1.82, 2.24) is 9.55 Å². The number of rotatable bonds is 6. The van der Waals surface area contributed by atoms with Crippen LogP contribution in [0.3, 0.4) is 0 Å². The molecule has 0 saturated carbocycles. The number of nitro benzene ring substituents is 1. The molecule has 8 heteroatoms. The maximum absolute atomic E-state index is 12.9. The zero-order valence-electron chi connectivity index (χ0n) is 16.3. The van der Waals surface area contributed by atoms with Crippen molar-refractivity contribution in [2.24, 2.45) is 0 Å². The molecular formula is C21H23N5O3. The van der Waals surface area contributed by atoms with Gasteiger partial charge in [0, 0.05) is 31.3 Å². The van der Waals surface area contributed by atoms with Crippen LogP contribution in [0.25, 0.3) is 11.0 Å². The van der Waals surface area contributed by atoms with Crippen LogP contribution in [0.2, 0.25) is 0 Å². The fraction of sp³-hybridized carbons (Fsp3) is 0.333. The van der Waals surface area contributed by atoms with Crippen molar-refractivity contribution in [3.63, 3.8) is 0 Å². The minimum atomic E-state index is -0.420. The summed E-state index contributed by atoms with van der Waals surface area (Å²) in [6, 6.07) is 12.4. The number of hydrogen-bond donors (Lipinski definition) is 1. The zero-order chi connectivity index (χ0) is 20.4. The number of aryl methyl sites for hydroxylation is 1. The normalized spacial score (nSPS) is 13.8. The van der Waals surface area contributed by atoms with E-state index >= 15 is 0 Å². The molecular weight excluding hydrogens is 370 g/mol. The van der Waals surface area contributed by atoms with Gasteiger partial charge in [-0.25, -0.2) is 4.98 Å². The second-order valence-electron chi connectivity index (χ2n) is 7.18. The Balaban J connectivity index is 1.65. The minimum Gasteiger partial charge on any atom is -0.366 e. The molecule has 0 atom stereocenters. The second-order valence-corrected chi connectivity index (χ2v) is 7.18. The van der Waals surface area contributed by atoms with Gasteiger partial charge < -0.3 is 9.47 Å². The van der Waals surface area contributed by atoms with Crippen molar-refractivity contribution in [3.8, 4) is 0 Å². The van der Waals surface area contributed by atoms with E-state index in [1.54, 1.807) is 12.1 Å². The molecule has 1 fully saturated rings. The Hall–Kier alpha value is -3.42. The molecule has 4 rings (SSSR count). The average Bonchev–Trinajstić information content (AvgIpc) is 3.37. The molecule has 1 amide bonds. The number of carbonyl (C=O) groups excluding carboxylic acids is 1. The van der Waals surface area contributed by atoms with E-state index in [1.807, 2.05) is 33.7 Å². The highest BCUT2D eigenvalue weighted by molar-refractivity contribution is 6.05. The summed E-state index contributed by atoms with van der Waals surface area (Å²) < 4.78 is 1.96. The number of carbonyl (C=O) groups is 1. The lowest BCUT2D eigenvalue weighted by Gasteiger charge is -2.17. The molecule has 1 aliphatic heterocycles. The lowest BCUT2D eigenvalue weighted by Crippen LogP contribution is -2.20. The third-order valence-corrected chi connectivity index (χ3v) is 5.21. The Morgan fingerprint density at radius 1 is 1.21 bits per heavy atom. The number of benzene rings is 2. The third-order valence-electron chi connectivity index (χ3n) is 5.21. The Labute approximate surface area is 168 Å². The highest BCUT2D eigenvalue weighted by Crippen LogP contribution is 2.32. The summed E-state index contributed by atoms with van der Waals surface area (Å²) in [5.41, 5.74) is 2.52. The maximum Gasteiger partial charge on any atom is 0.293 e. The van der Waals surface area contributed by atoms with E-state index in [9.17, 15) is 14.9 Å². The number of aromatic nitrogens is 2. The summed E-state index contributed by atoms with van der Waals surface area (Å²) >= 11 is 0. The van der Waals surface area contributed by atoms with E-state index in [0.717, 1.165) is 43.4 Å². The largest absolute Gasteiger partial charge is 0.366 e. The molecule has 1 aliphatic rings. The van der Waals surface area contributed by atoms with Gasteiger partial charge in [-0.3, -0.25) is 20.2 Å². The van der Waals surface area contributed by atoms with Crippen molar-refractivity contribution < 1.29 is 9.72 Å². The summed E-state index contributed by atoms with van der Waals surface area (Å²) in [5.74, 6) is 0.0399. The number of nitro groups is 1. The molecule has 0 radical (unpaired) electrons. The number of imidazole rings is 1. The first-order valence-electron chi connectivity index (χ1n) is 9.88. The molecule has 8 nitrogen and oxygen atoms in total. The fourth-order valence-electron chi connectivity index (χ4n) is 3.83. The van der Waals surface area contributed by atoms with E-state index in [2.05, 4.69) is 17.2 Å². The van der Waals surface area contributed by atoms with E-state index in [0.29, 0.717) is 18.2 Å². The quantitative estimate of drug-likeness (QED) is 0.500. The van der Waals surface area contributed by atoms with E-state index in [-0.39, 0.29) is 11.3 Å². The van der Waals surface area contributed by atoms with Crippen LogP contribution in [0.15, 0.2) is 42.5 Å². The number of nitrogens with zero attached hydrogens (tertiary/aromatic N) is 4.